The van der Waals surface area contributed by atoms with Crippen LogP contribution in [0.4, 0.5) is 0 Å². The second-order valence-corrected chi connectivity index (χ2v) is 9.10. The third-order valence-electron chi connectivity index (χ3n) is 3.83. The van der Waals surface area contributed by atoms with Crippen LogP contribution in [0.1, 0.15) is 5.56 Å². The van der Waals surface area contributed by atoms with Gasteiger partial charge in [-0.15, -0.1) is 0 Å². The van der Waals surface area contributed by atoms with E-state index in [9.17, 15) is 0 Å². The van der Waals surface area contributed by atoms with Gasteiger partial charge in [0, 0.05) is 4.47 Å². The van der Waals surface area contributed by atoms with Gasteiger partial charge in [-0.2, -0.15) is 0 Å². The van der Waals surface area contributed by atoms with E-state index in [0.717, 1.165) is 4.47 Å². The van der Waals surface area contributed by atoms with Crippen molar-refractivity contribution < 1.29 is 0 Å². The summed E-state index contributed by atoms with van der Waals surface area (Å²) in [5, 5.41) is 4.06. The van der Waals surface area contributed by atoms with Gasteiger partial charge in [-0.25, -0.2) is 0 Å². The van der Waals surface area contributed by atoms with Crippen LogP contribution >= 0.6 is 15.9 Å². The van der Waals surface area contributed by atoms with Gasteiger partial charge in [-0.3, -0.25) is 0 Å². The molecule has 3 aromatic carbocycles. The second kappa shape index (κ2) is 6.90. The first-order valence-corrected chi connectivity index (χ1v) is 9.83. The largest absolute Gasteiger partial charge is 0.132 e. The molecule has 3 aromatic rings. The van der Waals surface area contributed by atoms with Crippen molar-refractivity contribution in [3.05, 3.63) is 102 Å². The van der Waals surface area contributed by atoms with E-state index in [0.29, 0.717) is 0 Å². The molecule has 0 bridgehead atoms. The van der Waals surface area contributed by atoms with E-state index in [2.05, 4.69) is 107 Å². The zero-order chi connectivity index (χ0) is 15.4. The first kappa shape index (κ1) is 15.0. The molecule has 22 heavy (non-hydrogen) atoms. The van der Waals surface area contributed by atoms with E-state index in [1.165, 1.54) is 21.1 Å². The lowest BCUT2D eigenvalue weighted by Gasteiger charge is -2.19. The van der Waals surface area contributed by atoms with Gasteiger partial charge < -0.3 is 0 Å². The Kier molecular flexibility index (Phi) is 4.71. The summed E-state index contributed by atoms with van der Waals surface area (Å²) >= 11 is 3.50. The molecule has 0 aliphatic carbocycles. The van der Waals surface area contributed by atoms with Gasteiger partial charge in [0.15, 0.2) is 0 Å². The highest BCUT2D eigenvalue weighted by Gasteiger charge is 2.20. The molecule has 0 aliphatic heterocycles. The maximum Gasteiger partial charge on any atom is 0.132 e. The molecule has 0 heterocycles. The zero-order valence-electron chi connectivity index (χ0n) is 12.2. The van der Waals surface area contributed by atoms with Crippen LogP contribution in [0, 0.1) is 0 Å². The number of rotatable bonds is 4. The van der Waals surface area contributed by atoms with Gasteiger partial charge >= 0.3 is 0 Å². The highest BCUT2D eigenvalue weighted by molar-refractivity contribution is 9.10. The lowest BCUT2D eigenvalue weighted by atomic mass is 10.2. The van der Waals surface area contributed by atoms with Crippen LogP contribution in [0.5, 0.6) is 0 Å². The fourth-order valence-corrected chi connectivity index (χ4v) is 5.91. The van der Waals surface area contributed by atoms with Gasteiger partial charge in [0.25, 0.3) is 0 Å². The van der Waals surface area contributed by atoms with Crippen molar-refractivity contribution in [2.75, 3.05) is 0 Å². The highest BCUT2D eigenvalue weighted by atomic mass is 79.9. The molecule has 0 saturated heterocycles. The van der Waals surface area contributed by atoms with Crippen molar-refractivity contribution in [2.45, 2.75) is 0 Å². The Labute approximate surface area is 141 Å². The Bertz CT molecular complexity index is 709. The summed E-state index contributed by atoms with van der Waals surface area (Å²) in [6, 6.07) is 30.0. The minimum Gasteiger partial charge on any atom is -0.0987 e. The molecule has 0 atom stereocenters. The maximum atomic E-state index is 4.45. The summed E-state index contributed by atoms with van der Waals surface area (Å²) < 4.78 is 1.10. The summed E-state index contributed by atoms with van der Waals surface area (Å²) in [6.45, 7) is 4.45. The minimum absolute atomic E-state index is 1.10. The Hall–Kier alpha value is -1.90. The topological polar surface area (TPSA) is 0 Å². The molecule has 0 nitrogen and oxygen atoms in total. The van der Waals surface area contributed by atoms with Crippen LogP contribution < -0.4 is 10.4 Å². The average Bonchev–Trinajstić information content (AvgIpc) is 2.57. The predicted molar refractivity (Wildman–Crippen MR) is 102 cm³/mol. The van der Waals surface area contributed by atoms with Gasteiger partial charge in [0.05, 0.1) is 0 Å². The summed E-state index contributed by atoms with van der Waals surface area (Å²) in [6.07, 6.45) is 0. The third kappa shape index (κ3) is 3.29. The molecule has 0 spiro atoms. The average molecular weight is 365 g/mol. The van der Waals surface area contributed by atoms with E-state index >= 15 is 0 Å². The summed E-state index contributed by atoms with van der Waals surface area (Å²) in [5.41, 5.74) is 1.23. The van der Waals surface area contributed by atoms with E-state index < -0.39 is 8.80 Å². The molecular formula is C20H17BrSi. The summed E-state index contributed by atoms with van der Waals surface area (Å²) in [5.74, 6) is 0. The number of hydrogen-bond acceptors (Lipinski definition) is 0. The molecule has 108 valence electrons. The summed E-state index contributed by atoms with van der Waals surface area (Å²) in [7, 11) is -1.50. The first-order valence-electron chi connectivity index (χ1n) is 7.30. The molecule has 0 saturated carbocycles. The summed E-state index contributed by atoms with van der Waals surface area (Å²) in [4.78, 5) is 0. The maximum absolute atomic E-state index is 4.45. The molecule has 0 amide bonds. The quantitative estimate of drug-likeness (QED) is 0.612. The Morgan fingerprint density at radius 2 is 1.14 bits per heavy atom. The van der Waals surface area contributed by atoms with Crippen molar-refractivity contribution in [2.24, 2.45) is 0 Å². The molecule has 0 aliphatic rings. The van der Waals surface area contributed by atoms with Crippen LogP contribution in [-0.4, -0.2) is 8.80 Å². The molecule has 0 unspecified atom stereocenters. The number of benzene rings is 3. The van der Waals surface area contributed by atoms with Crippen LogP contribution in [0.3, 0.4) is 0 Å². The lowest BCUT2D eigenvalue weighted by molar-refractivity contribution is 1.60. The van der Waals surface area contributed by atoms with Crippen LogP contribution in [0.25, 0.3) is 5.20 Å². The monoisotopic (exact) mass is 364 g/mol. The third-order valence-corrected chi connectivity index (χ3v) is 7.49. The van der Waals surface area contributed by atoms with Crippen molar-refractivity contribution in [1.82, 2.24) is 0 Å². The normalized spacial score (nSPS) is 10.6. The van der Waals surface area contributed by atoms with Crippen molar-refractivity contribution in [1.29, 1.82) is 0 Å². The number of hydrogen-bond donors (Lipinski definition) is 0. The van der Waals surface area contributed by atoms with E-state index in [1.54, 1.807) is 0 Å². The van der Waals surface area contributed by atoms with Gasteiger partial charge in [0.1, 0.15) is 8.80 Å². The smallest absolute Gasteiger partial charge is 0.0987 e. The molecule has 0 aromatic heterocycles. The highest BCUT2D eigenvalue weighted by Crippen LogP contribution is 2.19. The van der Waals surface area contributed by atoms with Crippen LogP contribution in [-0.2, 0) is 0 Å². The van der Waals surface area contributed by atoms with Gasteiger partial charge in [-0.05, 0) is 17.7 Å². The van der Waals surface area contributed by atoms with Gasteiger partial charge in [0.2, 0.25) is 0 Å². The Morgan fingerprint density at radius 3 is 1.59 bits per heavy atom. The zero-order valence-corrected chi connectivity index (χ0v) is 15.0. The van der Waals surface area contributed by atoms with Crippen LogP contribution in [0.2, 0.25) is 0 Å². The lowest BCUT2D eigenvalue weighted by Crippen LogP contribution is -2.43. The number of halogens is 1. The SMILES string of the molecule is C=C(c1ccc(Br)cc1)[SiH](c1ccccc1)c1ccccc1. The first-order chi connectivity index (χ1) is 10.8. The van der Waals surface area contributed by atoms with Crippen LogP contribution in [0.15, 0.2) is 96.0 Å². The Morgan fingerprint density at radius 1 is 0.682 bits per heavy atom. The Balaban J connectivity index is 2.06. The van der Waals surface area contributed by atoms with E-state index in [1.807, 2.05) is 0 Å². The fourth-order valence-electron chi connectivity index (χ4n) is 2.72. The predicted octanol–water partition coefficient (Wildman–Crippen LogP) is 4.04. The van der Waals surface area contributed by atoms with Crippen molar-refractivity contribution in [3.8, 4) is 0 Å². The van der Waals surface area contributed by atoms with E-state index in [-0.39, 0.29) is 0 Å². The molecule has 0 fully saturated rings. The van der Waals surface area contributed by atoms with Crippen molar-refractivity contribution in [3.63, 3.8) is 0 Å². The second-order valence-electron chi connectivity index (χ2n) is 5.29. The molecule has 3 rings (SSSR count). The minimum atomic E-state index is -1.50. The standard InChI is InChI=1S/C20H17BrSi/c1-16(17-12-14-18(21)15-13-17)22(19-8-4-2-5-9-19)20-10-6-3-7-11-20/h2-15,22H,1H2. The fraction of sp³-hybridized carbons (Fsp3) is 0. The molecule has 0 radical (unpaired) electrons. The van der Waals surface area contributed by atoms with Gasteiger partial charge in [-0.1, -0.05) is 111 Å². The molecular weight excluding hydrogens is 348 g/mol. The molecule has 2 heteroatoms. The van der Waals surface area contributed by atoms with Crippen molar-refractivity contribution >= 4 is 40.3 Å². The molecule has 0 N–H and O–H groups in total. The van der Waals surface area contributed by atoms with E-state index in [4.69, 9.17) is 0 Å².